The van der Waals surface area contributed by atoms with E-state index in [4.69, 9.17) is 4.74 Å². The first-order valence-corrected chi connectivity index (χ1v) is 6.70. The first-order chi connectivity index (χ1) is 8.33. The molecule has 1 heteroatoms. The standard InChI is InChI=1S/C16H22O/c1-3-4-5-6-13-7-8-15-12-16(17-2)10-9-14(15)11-13/h9-12H,3-8H2,1-2H3. The Morgan fingerprint density at radius 3 is 2.82 bits per heavy atom. The van der Waals surface area contributed by atoms with Gasteiger partial charge in [-0.05, 0) is 48.9 Å². The maximum atomic E-state index is 5.27. The fourth-order valence-corrected chi connectivity index (χ4v) is 2.45. The fraction of sp³-hybridized carbons (Fsp3) is 0.500. The second kappa shape index (κ2) is 5.90. The van der Waals surface area contributed by atoms with Crippen molar-refractivity contribution in [3.8, 4) is 5.75 Å². The molecule has 1 nitrogen and oxygen atoms in total. The topological polar surface area (TPSA) is 9.23 Å². The molecule has 0 bridgehead atoms. The zero-order valence-electron chi connectivity index (χ0n) is 11.0. The van der Waals surface area contributed by atoms with Crippen molar-refractivity contribution in [2.45, 2.75) is 45.4 Å². The number of allylic oxidation sites excluding steroid dienone is 1. The zero-order valence-corrected chi connectivity index (χ0v) is 11.0. The molecule has 0 atom stereocenters. The van der Waals surface area contributed by atoms with Crippen molar-refractivity contribution in [2.75, 3.05) is 7.11 Å². The van der Waals surface area contributed by atoms with Gasteiger partial charge in [-0.3, -0.25) is 0 Å². The Bertz CT molecular complexity index is 404. The van der Waals surface area contributed by atoms with Gasteiger partial charge in [0.1, 0.15) is 5.75 Å². The van der Waals surface area contributed by atoms with Gasteiger partial charge in [0.2, 0.25) is 0 Å². The lowest BCUT2D eigenvalue weighted by atomic mass is 9.89. The van der Waals surface area contributed by atoms with E-state index in [9.17, 15) is 0 Å². The van der Waals surface area contributed by atoms with Gasteiger partial charge in [0.05, 0.1) is 7.11 Å². The van der Waals surface area contributed by atoms with Crippen LogP contribution in [0.2, 0.25) is 0 Å². The van der Waals surface area contributed by atoms with Gasteiger partial charge >= 0.3 is 0 Å². The number of aryl methyl sites for hydroxylation is 1. The Labute approximate surface area is 104 Å². The molecule has 0 aliphatic heterocycles. The van der Waals surface area contributed by atoms with Crippen molar-refractivity contribution >= 4 is 6.08 Å². The van der Waals surface area contributed by atoms with Gasteiger partial charge in [0.15, 0.2) is 0 Å². The normalized spacial score (nSPS) is 14.1. The van der Waals surface area contributed by atoms with E-state index in [-0.39, 0.29) is 0 Å². The quantitative estimate of drug-likeness (QED) is 0.671. The molecule has 0 heterocycles. The highest BCUT2D eigenvalue weighted by molar-refractivity contribution is 5.60. The minimum Gasteiger partial charge on any atom is -0.497 e. The third kappa shape index (κ3) is 3.12. The molecular formula is C16H22O. The average Bonchev–Trinajstić information content (AvgIpc) is 2.38. The van der Waals surface area contributed by atoms with Crippen LogP contribution in [0.4, 0.5) is 0 Å². The van der Waals surface area contributed by atoms with Crippen molar-refractivity contribution in [3.63, 3.8) is 0 Å². The minimum absolute atomic E-state index is 0.978. The van der Waals surface area contributed by atoms with E-state index in [0.717, 1.165) is 5.75 Å². The van der Waals surface area contributed by atoms with Crippen molar-refractivity contribution in [1.29, 1.82) is 0 Å². The number of hydrogen-bond donors (Lipinski definition) is 0. The van der Waals surface area contributed by atoms with Gasteiger partial charge in [-0.15, -0.1) is 0 Å². The molecule has 0 amide bonds. The van der Waals surface area contributed by atoms with Crippen LogP contribution >= 0.6 is 0 Å². The fourth-order valence-electron chi connectivity index (χ4n) is 2.45. The number of rotatable bonds is 5. The third-order valence-electron chi connectivity index (χ3n) is 3.53. The predicted octanol–water partition coefficient (Wildman–Crippen LogP) is 4.61. The summed E-state index contributed by atoms with van der Waals surface area (Å²) in [5.41, 5.74) is 4.45. The van der Waals surface area contributed by atoms with Crippen molar-refractivity contribution in [3.05, 3.63) is 34.9 Å². The van der Waals surface area contributed by atoms with Crippen LogP contribution < -0.4 is 4.74 Å². The number of ether oxygens (including phenoxy) is 1. The molecule has 92 valence electrons. The highest BCUT2D eigenvalue weighted by atomic mass is 16.5. The second-order valence-corrected chi connectivity index (χ2v) is 4.82. The monoisotopic (exact) mass is 230 g/mol. The Morgan fingerprint density at radius 1 is 1.18 bits per heavy atom. The van der Waals surface area contributed by atoms with Crippen LogP contribution in [0.5, 0.6) is 5.75 Å². The number of fused-ring (bicyclic) bond motifs is 1. The van der Waals surface area contributed by atoms with Crippen LogP contribution in [0.15, 0.2) is 23.8 Å². The summed E-state index contributed by atoms with van der Waals surface area (Å²) in [5, 5.41) is 0. The summed E-state index contributed by atoms with van der Waals surface area (Å²) in [5.74, 6) is 0.978. The lowest BCUT2D eigenvalue weighted by Gasteiger charge is -2.17. The minimum atomic E-state index is 0.978. The van der Waals surface area contributed by atoms with Gasteiger partial charge in [-0.2, -0.15) is 0 Å². The molecule has 2 rings (SSSR count). The van der Waals surface area contributed by atoms with Crippen molar-refractivity contribution < 1.29 is 4.74 Å². The Morgan fingerprint density at radius 2 is 2.06 bits per heavy atom. The first-order valence-electron chi connectivity index (χ1n) is 6.70. The third-order valence-corrected chi connectivity index (χ3v) is 3.53. The van der Waals surface area contributed by atoms with Gasteiger partial charge in [-0.25, -0.2) is 0 Å². The average molecular weight is 230 g/mol. The smallest absolute Gasteiger partial charge is 0.119 e. The van der Waals surface area contributed by atoms with Gasteiger partial charge < -0.3 is 4.74 Å². The summed E-state index contributed by atoms with van der Waals surface area (Å²) in [4.78, 5) is 0. The van der Waals surface area contributed by atoms with E-state index in [1.807, 2.05) is 0 Å². The van der Waals surface area contributed by atoms with E-state index in [1.54, 1.807) is 12.7 Å². The zero-order chi connectivity index (χ0) is 12.1. The molecule has 1 aliphatic rings. The molecule has 0 unspecified atom stereocenters. The summed E-state index contributed by atoms with van der Waals surface area (Å²) in [7, 11) is 1.73. The Balaban J connectivity index is 2.07. The first kappa shape index (κ1) is 12.2. The Kier molecular flexibility index (Phi) is 4.24. The number of methoxy groups -OCH3 is 1. The van der Waals surface area contributed by atoms with Crippen LogP contribution in [0, 0.1) is 0 Å². The van der Waals surface area contributed by atoms with E-state index in [2.05, 4.69) is 31.2 Å². The summed E-state index contributed by atoms with van der Waals surface area (Å²) in [6.45, 7) is 2.26. The maximum Gasteiger partial charge on any atom is 0.119 e. The van der Waals surface area contributed by atoms with Crippen LogP contribution in [-0.2, 0) is 6.42 Å². The van der Waals surface area contributed by atoms with E-state index < -0.39 is 0 Å². The molecule has 0 radical (unpaired) electrons. The lowest BCUT2D eigenvalue weighted by Crippen LogP contribution is -2.00. The molecule has 0 spiro atoms. The van der Waals surface area contributed by atoms with Gasteiger partial charge in [0.25, 0.3) is 0 Å². The van der Waals surface area contributed by atoms with Gasteiger partial charge in [-0.1, -0.05) is 37.5 Å². The Hall–Kier alpha value is -1.24. The molecule has 0 N–H and O–H groups in total. The van der Waals surface area contributed by atoms with E-state index in [0.29, 0.717) is 0 Å². The van der Waals surface area contributed by atoms with Crippen molar-refractivity contribution in [2.24, 2.45) is 0 Å². The number of hydrogen-bond acceptors (Lipinski definition) is 1. The molecule has 17 heavy (non-hydrogen) atoms. The summed E-state index contributed by atoms with van der Waals surface area (Å²) < 4.78 is 5.27. The molecule has 0 saturated heterocycles. The summed E-state index contributed by atoms with van der Waals surface area (Å²) >= 11 is 0. The molecule has 1 aromatic rings. The van der Waals surface area contributed by atoms with E-state index in [1.165, 1.54) is 49.7 Å². The largest absolute Gasteiger partial charge is 0.497 e. The SMILES string of the molecule is CCCCCC1=Cc2ccc(OC)cc2CC1. The number of unbranched alkanes of at least 4 members (excludes halogenated alkanes) is 2. The molecule has 0 aromatic heterocycles. The van der Waals surface area contributed by atoms with Crippen LogP contribution in [0.1, 0.15) is 50.2 Å². The highest BCUT2D eigenvalue weighted by Gasteiger charge is 2.10. The molecule has 0 saturated carbocycles. The lowest BCUT2D eigenvalue weighted by molar-refractivity contribution is 0.414. The summed E-state index contributed by atoms with van der Waals surface area (Å²) in [6.07, 6.45) is 10.1. The van der Waals surface area contributed by atoms with Crippen LogP contribution in [0.25, 0.3) is 6.08 Å². The summed E-state index contributed by atoms with van der Waals surface area (Å²) in [6, 6.07) is 6.42. The van der Waals surface area contributed by atoms with Crippen molar-refractivity contribution in [1.82, 2.24) is 0 Å². The second-order valence-electron chi connectivity index (χ2n) is 4.82. The predicted molar refractivity (Wildman–Crippen MR) is 73.4 cm³/mol. The molecule has 0 fully saturated rings. The van der Waals surface area contributed by atoms with E-state index >= 15 is 0 Å². The maximum absolute atomic E-state index is 5.27. The molecule has 1 aliphatic carbocycles. The van der Waals surface area contributed by atoms with Crippen LogP contribution in [0.3, 0.4) is 0 Å². The highest BCUT2D eigenvalue weighted by Crippen LogP contribution is 2.29. The molecular weight excluding hydrogens is 208 g/mol. The van der Waals surface area contributed by atoms with Gasteiger partial charge in [0, 0.05) is 0 Å². The van der Waals surface area contributed by atoms with Crippen LogP contribution in [-0.4, -0.2) is 7.11 Å². The molecule has 1 aromatic carbocycles. The number of benzene rings is 1.